The van der Waals surface area contributed by atoms with Gasteiger partial charge < -0.3 is 9.84 Å². The molecule has 1 heterocycles. The second-order valence-electron chi connectivity index (χ2n) is 4.98. The molecule has 4 nitrogen and oxygen atoms in total. The number of rotatable bonds is 4. The van der Waals surface area contributed by atoms with Crippen molar-refractivity contribution in [3.05, 3.63) is 60.3 Å². The Balaban J connectivity index is 2.33. The van der Waals surface area contributed by atoms with E-state index in [1.165, 1.54) is 0 Å². The first-order chi connectivity index (χ1) is 10.7. The van der Waals surface area contributed by atoms with E-state index in [1.54, 1.807) is 13.3 Å². The summed E-state index contributed by atoms with van der Waals surface area (Å²) in [4.78, 5) is 15.5. The third kappa shape index (κ3) is 2.63. The van der Waals surface area contributed by atoms with Crippen LogP contribution in [0.4, 0.5) is 0 Å². The zero-order chi connectivity index (χ0) is 15.5. The molecule has 0 bridgehead atoms. The maximum atomic E-state index is 11.2. The Morgan fingerprint density at radius 2 is 1.95 bits per heavy atom. The molecule has 0 fully saturated rings. The quantitative estimate of drug-likeness (QED) is 0.799. The predicted octanol–water partition coefficient (Wildman–Crippen LogP) is 3.54. The number of hydrogen-bond donors (Lipinski definition) is 1. The van der Waals surface area contributed by atoms with Crippen molar-refractivity contribution in [1.82, 2.24) is 4.98 Å². The molecule has 0 aliphatic rings. The molecular formula is C18H15NO3. The first-order valence-electron chi connectivity index (χ1n) is 6.92. The van der Waals surface area contributed by atoms with Crippen molar-refractivity contribution in [2.45, 2.75) is 6.42 Å². The van der Waals surface area contributed by atoms with Crippen LogP contribution in [0.2, 0.25) is 0 Å². The maximum absolute atomic E-state index is 11.2. The van der Waals surface area contributed by atoms with Gasteiger partial charge in [-0.3, -0.25) is 9.78 Å². The van der Waals surface area contributed by atoms with Gasteiger partial charge in [-0.1, -0.05) is 30.3 Å². The first-order valence-corrected chi connectivity index (χ1v) is 6.92. The number of carboxylic acids is 1. The van der Waals surface area contributed by atoms with Gasteiger partial charge in [-0.25, -0.2) is 0 Å². The van der Waals surface area contributed by atoms with Crippen molar-refractivity contribution >= 4 is 16.9 Å². The molecule has 3 rings (SSSR count). The molecule has 0 saturated heterocycles. The van der Waals surface area contributed by atoms with Gasteiger partial charge in [0.15, 0.2) is 0 Å². The first kappa shape index (κ1) is 14.1. The van der Waals surface area contributed by atoms with Crippen molar-refractivity contribution in [1.29, 1.82) is 0 Å². The van der Waals surface area contributed by atoms with Gasteiger partial charge in [0.2, 0.25) is 0 Å². The van der Waals surface area contributed by atoms with E-state index >= 15 is 0 Å². The van der Waals surface area contributed by atoms with Crippen molar-refractivity contribution in [3.63, 3.8) is 0 Å². The van der Waals surface area contributed by atoms with Crippen LogP contribution in [0, 0.1) is 0 Å². The molecule has 4 heteroatoms. The Kier molecular flexibility index (Phi) is 3.74. The second kappa shape index (κ2) is 5.85. The summed E-state index contributed by atoms with van der Waals surface area (Å²) in [6, 6.07) is 15.4. The molecule has 1 aromatic heterocycles. The number of carboxylic acid groups (broad SMARTS) is 1. The highest BCUT2D eigenvalue weighted by atomic mass is 16.5. The van der Waals surface area contributed by atoms with E-state index in [1.807, 2.05) is 48.5 Å². The summed E-state index contributed by atoms with van der Waals surface area (Å²) in [6.07, 6.45) is 1.58. The average Bonchev–Trinajstić information content (AvgIpc) is 2.54. The maximum Gasteiger partial charge on any atom is 0.307 e. The third-order valence-electron chi connectivity index (χ3n) is 3.56. The number of fused-ring (bicyclic) bond motifs is 1. The SMILES string of the molecule is COc1ccc2ncc(CC(=O)O)c(-c3ccccc3)c2c1. The van der Waals surface area contributed by atoms with Crippen LogP contribution < -0.4 is 4.74 Å². The van der Waals surface area contributed by atoms with E-state index in [-0.39, 0.29) is 6.42 Å². The lowest BCUT2D eigenvalue weighted by Gasteiger charge is -2.12. The Morgan fingerprint density at radius 1 is 1.18 bits per heavy atom. The lowest BCUT2D eigenvalue weighted by Crippen LogP contribution is -2.03. The van der Waals surface area contributed by atoms with Crippen LogP contribution in [-0.2, 0) is 11.2 Å². The number of hydrogen-bond acceptors (Lipinski definition) is 3. The predicted molar refractivity (Wildman–Crippen MR) is 85.1 cm³/mol. The summed E-state index contributed by atoms with van der Waals surface area (Å²) in [5.41, 5.74) is 3.37. The molecule has 1 N–H and O–H groups in total. The van der Waals surface area contributed by atoms with Gasteiger partial charge >= 0.3 is 5.97 Å². The van der Waals surface area contributed by atoms with Crippen molar-refractivity contribution in [2.75, 3.05) is 7.11 Å². The fourth-order valence-corrected chi connectivity index (χ4v) is 2.58. The largest absolute Gasteiger partial charge is 0.497 e. The Morgan fingerprint density at radius 3 is 2.64 bits per heavy atom. The highest BCUT2D eigenvalue weighted by molar-refractivity contribution is 5.97. The monoisotopic (exact) mass is 293 g/mol. The van der Waals surface area contributed by atoms with Gasteiger partial charge in [0.1, 0.15) is 5.75 Å². The van der Waals surface area contributed by atoms with Crippen LogP contribution in [-0.4, -0.2) is 23.2 Å². The zero-order valence-corrected chi connectivity index (χ0v) is 12.1. The Hall–Kier alpha value is -2.88. The van der Waals surface area contributed by atoms with Crippen LogP contribution in [0.1, 0.15) is 5.56 Å². The Bertz CT molecular complexity index is 828. The lowest BCUT2D eigenvalue weighted by atomic mass is 9.95. The van der Waals surface area contributed by atoms with Crippen LogP contribution in [0.5, 0.6) is 5.75 Å². The van der Waals surface area contributed by atoms with E-state index < -0.39 is 5.97 Å². The summed E-state index contributed by atoms with van der Waals surface area (Å²) in [5, 5.41) is 10.1. The minimum atomic E-state index is -0.874. The molecule has 0 aliphatic carbocycles. The fraction of sp³-hybridized carbons (Fsp3) is 0.111. The van der Waals surface area contributed by atoms with E-state index in [0.717, 1.165) is 27.8 Å². The molecule has 22 heavy (non-hydrogen) atoms. The van der Waals surface area contributed by atoms with Crippen molar-refractivity contribution in [3.8, 4) is 16.9 Å². The van der Waals surface area contributed by atoms with Crippen LogP contribution in [0.15, 0.2) is 54.7 Å². The van der Waals surface area contributed by atoms with Gasteiger partial charge in [0.05, 0.1) is 19.0 Å². The fourth-order valence-electron chi connectivity index (χ4n) is 2.58. The van der Waals surface area contributed by atoms with Crippen molar-refractivity contribution < 1.29 is 14.6 Å². The molecule has 3 aromatic rings. The molecule has 0 unspecified atom stereocenters. The van der Waals surface area contributed by atoms with Crippen LogP contribution >= 0.6 is 0 Å². The number of aliphatic carboxylic acids is 1. The topological polar surface area (TPSA) is 59.4 Å². The molecule has 0 aliphatic heterocycles. The number of methoxy groups -OCH3 is 1. The molecule has 110 valence electrons. The summed E-state index contributed by atoms with van der Waals surface area (Å²) in [7, 11) is 1.61. The van der Waals surface area contributed by atoms with Gasteiger partial charge in [-0.2, -0.15) is 0 Å². The standard InChI is InChI=1S/C18H15NO3/c1-22-14-7-8-16-15(10-14)18(12-5-3-2-4-6-12)13(11-19-16)9-17(20)21/h2-8,10-11H,9H2,1H3,(H,20,21). The molecule has 0 amide bonds. The van der Waals surface area contributed by atoms with Crippen molar-refractivity contribution in [2.24, 2.45) is 0 Å². The minimum Gasteiger partial charge on any atom is -0.497 e. The smallest absolute Gasteiger partial charge is 0.307 e. The highest BCUT2D eigenvalue weighted by Crippen LogP contribution is 2.33. The van der Waals surface area contributed by atoms with E-state index in [9.17, 15) is 4.79 Å². The summed E-state index contributed by atoms with van der Waals surface area (Å²) in [6.45, 7) is 0. The summed E-state index contributed by atoms with van der Waals surface area (Å²) < 4.78 is 5.29. The molecule has 0 spiro atoms. The normalized spacial score (nSPS) is 10.6. The Labute approximate surface area is 128 Å². The van der Waals surface area contributed by atoms with Gasteiger partial charge in [-0.05, 0) is 34.9 Å². The number of ether oxygens (including phenoxy) is 1. The van der Waals surface area contributed by atoms with Crippen LogP contribution in [0.25, 0.3) is 22.0 Å². The summed E-state index contributed by atoms with van der Waals surface area (Å²) >= 11 is 0. The number of carbonyl (C=O) groups is 1. The number of nitrogens with zero attached hydrogens (tertiary/aromatic N) is 1. The van der Waals surface area contributed by atoms with E-state index in [2.05, 4.69) is 4.98 Å². The highest BCUT2D eigenvalue weighted by Gasteiger charge is 2.14. The third-order valence-corrected chi connectivity index (χ3v) is 3.56. The average molecular weight is 293 g/mol. The number of benzene rings is 2. The molecular weight excluding hydrogens is 278 g/mol. The van der Waals surface area contributed by atoms with Gasteiger partial charge in [0.25, 0.3) is 0 Å². The van der Waals surface area contributed by atoms with Gasteiger partial charge in [0, 0.05) is 11.6 Å². The number of aromatic nitrogens is 1. The molecule has 2 aromatic carbocycles. The molecule has 0 radical (unpaired) electrons. The molecule has 0 saturated carbocycles. The minimum absolute atomic E-state index is 0.0651. The zero-order valence-electron chi connectivity index (χ0n) is 12.1. The molecule has 0 atom stereocenters. The van der Waals surface area contributed by atoms with Crippen LogP contribution in [0.3, 0.4) is 0 Å². The van der Waals surface area contributed by atoms with Gasteiger partial charge in [-0.15, -0.1) is 0 Å². The van der Waals surface area contributed by atoms with E-state index in [4.69, 9.17) is 9.84 Å². The lowest BCUT2D eigenvalue weighted by molar-refractivity contribution is -0.136. The number of pyridine rings is 1. The second-order valence-corrected chi connectivity index (χ2v) is 4.98. The summed E-state index contributed by atoms with van der Waals surface area (Å²) in [5.74, 6) is -0.153. The van der Waals surface area contributed by atoms with E-state index in [0.29, 0.717) is 5.56 Å².